The molecule has 1 aromatic carbocycles. The van der Waals surface area contributed by atoms with Crippen LogP contribution in [-0.2, 0) is 0 Å². The SMILES string of the molecule is CNC(=O)c1cc(NC2CSCC(C)(C)C2)ccc1Cl. The first-order chi connectivity index (χ1) is 9.41. The van der Waals surface area contributed by atoms with Crippen LogP contribution in [0.2, 0.25) is 5.02 Å². The van der Waals surface area contributed by atoms with E-state index in [-0.39, 0.29) is 5.91 Å². The maximum Gasteiger partial charge on any atom is 0.252 e. The van der Waals surface area contributed by atoms with Gasteiger partial charge in [0.25, 0.3) is 5.91 Å². The van der Waals surface area contributed by atoms with Crippen molar-refractivity contribution in [2.24, 2.45) is 5.41 Å². The zero-order chi connectivity index (χ0) is 14.8. The molecule has 1 heterocycles. The topological polar surface area (TPSA) is 41.1 Å². The number of hydrogen-bond donors (Lipinski definition) is 2. The molecule has 110 valence electrons. The van der Waals surface area contributed by atoms with Crippen molar-refractivity contribution in [1.82, 2.24) is 5.32 Å². The van der Waals surface area contributed by atoms with Crippen LogP contribution in [0, 0.1) is 5.41 Å². The molecule has 1 amide bonds. The van der Waals surface area contributed by atoms with Gasteiger partial charge >= 0.3 is 0 Å². The Kier molecular flexibility index (Phi) is 4.86. The maximum atomic E-state index is 11.8. The molecule has 0 radical (unpaired) electrons. The highest BCUT2D eigenvalue weighted by molar-refractivity contribution is 7.99. The van der Waals surface area contributed by atoms with Crippen LogP contribution in [-0.4, -0.2) is 30.5 Å². The molecule has 1 unspecified atom stereocenters. The van der Waals surface area contributed by atoms with Gasteiger partial charge in [0, 0.05) is 24.5 Å². The summed E-state index contributed by atoms with van der Waals surface area (Å²) in [7, 11) is 1.61. The smallest absolute Gasteiger partial charge is 0.252 e. The van der Waals surface area contributed by atoms with E-state index < -0.39 is 0 Å². The lowest BCUT2D eigenvalue weighted by Gasteiger charge is -2.35. The number of carbonyl (C=O) groups is 1. The summed E-state index contributed by atoms with van der Waals surface area (Å²) in [6.45, 7) is 4.59. The summed E-state index contributed by atoms with van der Waals surface area (Å²) in [5, 5.41) is 6.61. The molecule has 2 rings (SSSR count). The average Bonchev–Trinajstić information content (AvgIpc) is 2.39. The first kappa shape index (κ1) is 15.5. The summed E-state index contributed by atoms with van der Waals surface area (Å²) in [5.41, 5.74) is 1.83. The van der Waals surface area contributed by atoms with Crippen LogP contribution in [0.1, 0.15) is 30.6 Å². The Morgan fingerprint density at radius 3 is 2.85 bits per heavy atom. The fourth-order valence-corrected chi connectivity index (χ4v) is 3.99. The third kappa shape index (κ3) is 3.83. The zero-order valence-corrected chi connectivity index (χ0v) is 13.7. The van der Waals surface area contributed by atoms with Gasteiger partial charge in [-0.25, -0.2) is 0 Å². The third-order valence-corrected chi connectivity index (χ3v) is 5.37. The van der Waals surface area contributed by atoms with Crippen molar-refractivity contribution >= 4 is 35.0 Å². The summed E-state index contributed by atoms with van der Waals surface area (Å²) in [5.74, 6) is 2.15. The standard InChI is InChI=1S/C15H21ClN2OS/c1-15(2)7-11(8-20-9-15)18-10-4-5-13(16)12(6-10)14(19)17-3/h4-6,11,18H,7-9H2,1-3H3,(H,17,19). The van der Waals surface area contributed by atoms with Gasteiger partial charge in [-0.15, -0.1) is 0 Å². The van der Waals surface area contributed by atoms with Gasteiger partial charge in [0.1, 0.15) is 0 Å². The number of rotatable bonds is 3. The average molecular weight is 313 g/mol. The predicted octanol–water partition coefficient (Wildman–Crippen LogP) is 3.64. The van der Waals surface area contributed by atoms with E-state index in [1.54, 1.807) is 13.1 Å². The second-order valence-electron chi connectivity index (χ2n) is 6.00. The van der Waals surface area contributed by atoms with E-state index in [9.17, 15) is 4.79 Å². The molecule has 1 fully saturated rings. The molecule has 1 saturated heterocycles. The third-order valence-electron chi connectivity index (χ3n) is 3.42. The monoisotopic (exact) mass is 312 g/mol. The molecule has 0 saturated carbocycles. The molecule has 3 nitrogen and oxygen atoms in total. The number of carbonyl (C=O) groups excluding carboxylic acids is 1. The number of halogens is 1. The van der Waals surface area contributed by atoms with E-state index in [1.165, 1.54) is 5.75 Å². The Bertz CT molecular complexity index is 505. The molecule has 0 spiro atoms. The summed E-state index contributed by atoms with van der Waals surface area (Å²) in [4.78, 5) is 11.8. The largest absolute Gasteiger partial charge is 0.381 e. The molecular weight excluding hydrogens is 292 g/mol. The lowest BCUT2D eigenvalue weighted by molar-refractivity contribution is 0.0963. The molecule has 0 aliphatic carbocycles. The second kappa shape index (κ2) is 6.27. The minimum Gasteiger partial charge on any atom is -0.381 e. The van der Waals surface area contributed by atoms with Crippen LogP contribution >= 0.6 is 23.4 Å². The molecule has 1 aromatic rings. The van der Waals surface area contributed by atoms with Gasteiger partial charge in [-0.1, -0.05) is 25.4 Å². The van der Waals surface area contributed by atoms with Crippen molar-refractivity contribution in [3.05, 3.63) is 28.8 Å². The quantitative estimate of drug-likeness (QED) is 0.895. The number of amides is 1. The van der Waals surface area contributed by atoms with Crippen molar-refractivity contribution in [1.29, 1.82) is 0 Å². The van der Waals surface area contributed by atoms with Crippen molar-refractivity contribution in [2.75, 3.05) is 23.9 Å². The molecular formula is C15H21ClN2OS. The van der Waals surface area contributed by atoms with Crippen molar-refractivity contribution in [2.45, 2.75) is 26.3 Å². The first-order valence-corrected chi connectivity index (χ1v) is 8.30. The van der Waals surface area contributed by atoms with E-state index in [4.69, 9.17) is 11.6 Å². The predicted molar refractivity (Wildman–Crippen MR) is 88.0 cm³/mol. The van der Waals surface area contributed by atoms with Crippen LogP contribution in [0.15, 0.2) is 18.2 Å². The van der Waals surface area contributed by atoms with E-state index in [1.807, 2.05) is 23.9 Å². The lowest BCUT2D eigenvalue weighted by atomic mass is 9.88. The van der Waals surface area contributed by atoms with Gasteiger partial charge in [0.2, 0.25) is 0 Å². The van der Waals surface area contributed by atoms with Crippen molar-refractivity contribution in [3.8, 4) is 0 Å². The molecule has 0 bridgehead atoms. The molecule has 1 aliphatic rings. The number of thioether (sulfide) groups is 1. The molecule has 0 aromatic heterocycles. The van der Waals surface area contributed by atoms with Gasteiger partial charge in [-0.3, -0.25) is 4.79 Å². The van der Waals surface area contributed by atoms with Gasteiger partial charge in [0.15, 0.2) is 0 Å². The minimum atomic E-state index is -0.156. The zero-order valence-electron chi connectivity index (χ0n) is 12.1. The summed E-state index contributed by atoms with van der Waals surface area (Å²) < 4.78 is 0. The molecule has 1 aliphatic heterocycles. The molecule has 5 heteroatoms. The van der Waals surface area contributed by atoms with Crippen molar-refractivity contribution in [3.63, 3.8) is 0 Å². The highest BCUT2D eigenvalue weighted by Gasteiger charge is 2.28. The number of anilines is 1. The van der Waals surface area contributed by atoms with Gasteiger partial charge in [-0.2, -0.15) is 11.8 Å². The van der Waals surface area contributed by atoms with Crippen LogP contribution in [0.25, 0.3) is 0 Å². The Balaban J connectivity index is 2.12. The van der Waals surface area contributed by atoms with Crippen molar-refractivity contribution < 1.29 is 4.79 Å². The Morgan fingerprint density at radius 1 is 1.45 bits per heavy atom. The lowest BCUT2D eigenvalue weighted by Crippen LogP contribution is -2.35. The normalized spacial score (nSPS) is 21.3. The van der Waals surface area contributed by atoms with Crippen LogP contribution < -0.4 is 10.6 Å². The maximum absolute atomic E-state index is 11.8. The number of nitrogens with one attached hydrogen (secondary N) is 2. The van der Waals surface area contributed by atoms with E-state index in [2.05, 4.69) is 24.5 Å². The van der Waals surface area contributed by atoms with Crippen LogP contribution in [0.5, 0.6) is 0 Å². The van der Waals surface area contributed by atoms with Gasteiger partial charge < -0.3 is 10.6 Å². The molecule has 20 heavy (non-hydrogen) atoms. The fraction of sp³-hybridized carbons (Fsp3) is 0.533. The molecule has 2 N–H and O–H groups in total. The highest BCUT2D eigenvalue weighted by atomic mass is 35.5. The molecule has 1 atom stereocenters. The number of hydrogen-bond acceptors (Lipinski definition) is 3. The Morgan fingerprint density at radius 2 is 2.20 bits per heavy atom. The Hall–Kier alpha value is -0.870. The number of benzene rings is 1. The second-order valence-corrected chi connectivity index (χ2v) is 7.44. The summed E-state index contributed by atoms with van der Waals surface area (Å²) in [6, 6.07) is 5.96. The fourth-order valence-electron chi connectivity index (χ4n) is 2.51. The van der Waals surface area contributed by atoms with Crippen LogP contribution in [0.3, 0.4) is 0 Å². The van der Waals surface area contributed by atoms with E-state index in [0.717, 1.165) is 17.9 Å². The highest BCUT2D eigenvalue weighted by Crippen LogP contribution is 2.35. The Labute approximate surface area is 129 Å². The van der Waals surface area contributed by atoms with E-state index in [0.29, 0.717) is 22.0 Å². The summed E-state index contributed by atoms with van der Waals surface area (Å²) >= 11 is 8.04. The van der Waals surface area contributed by atoms with Gasteiger partial charge in [-0.05, 0) is 35.8 Å². The van der Waals surface area contributed by atoms with E-state index >= 15 is 0 Å². The first-order valence-electron chi connectivity index (χ1n) is 6.77. The minimum absolute atomic E-state index is 0.156. The van der Waals surface area contributed by atoms with Crippen LogP contribution in [0.4, 0.5) is 5.69 Å². The van der Waals surface area contributed by atoms with Gasteiger partial charge in [0.05, 0.1) is 10.6 Å². The summed E-state index contributed by atoms with van der Waals surface area (Å²) in [6.07, 6.45) is 1.14.